The van der Waals surface area contributed by atoms with Crippen LogP contribution in [0.15, 0.2) is 24.3 Å². The van der Waals surface area contributed by atoms with Crippen molar-refractivity contribution in [1.29, 1.82) is 0 Å². The highest BCUT2D eigenvalue weighted by Crippen LogP contribution is 2.19. The molecule has 0 spiro atoms. The topological polar surface area (TPSA) is 72.5 Å². The Balaban J connectivity index is 2.08. The van der Waals surface area contributed by atoms with Crippen LogP contribution in [-0.2, 0) is 14.8 Å². The summed E-state index contributed by atoms with van der Waals surface area (Å²) in [5.74, 6) is -0.0220. The van der Waals surface area contributed by atoms with Crippen LogP contribution >= 0.6 is 0 Å². The molecule has 1 fully saturated rings. The minimum absolute atomic E-state index is 0.0175. The first-order valence-electron chi connectivity index (χ1n) is 6.28. The lowest BCUT2D eigenvalue weighted by Gasteiger charge is -2.09. The molecule has 1 atom stereocenters. The van der Waals surface area contributed by atoms with E-state index in [9.17, 15) is 13.2 Å². The maximum atomic E-state index is 12.0. The lowest BCUT2D eigenvalue weighted by Crippen LogP contribution is -2.19. The maximum absolute atomic E-state index is 12.0. The molecule has 1 aromatic rings. The van der Waals surface area contributed by atoms with Crippen molar-refractivity contribution in [2.45, 2.75) is 25.9 Å². The van der Waals surface area contributed by atoms with Gasteiger partial charge < -0.3 is 4.74 Å². The molecule has 19 heavy (non-hydrogen) atoms. The van der Waals surface area contributed by atoms with Crippen molar-refractivity contribution in [1.82, 2.24) is 0 Å². The lowest BCUT2D eigenvalue weighted by atomic mass is 10.0. The molecule has 5 nitrogen and oxygen atoms in total. The molecule has 1 unspecified atom stereocenters. The van der Waals surface area contributed by atoms with Crippen LogP contribution < -0.4 is 4.72 Å². The van der Waals surface area contributed by atoms with Gasteiger partial charge in [-0.15, -0.1) is 0 Å². The summed E-state index contributed by atoms with van der Waals surface area (Å²) in [5, 5.41) is 0. The Morgan fingerprint density at radius 2 is 2.05 bits per heavy atom. The van der Waals surface area contributed by atoms with Gasteiger partial charge >= 0.3 is 0 Å². The van der Waals surface area contributed by atoms with E-state index in [1.165, 1.54) is 0 Å². The molecular formula is C13H17NO4S. The quantitative estimate of drug-likeness (QED) is 0.836. The van der Waals surface area contributed by atoms with Crippen LogP contribution in [0.5, 0.6) is 0 Å². The molecule has 1 saturated heterocycles. The van der Waals surface area contributed by atoms with Crippen LogP contribution in [0.3, 0.4) is 0 Å². The van der Waals surface area contributed by atoms with Gasteiger partial charge in [-0.05, 0) is 44.0 Å². The number of anilines is 1. The molecule has 1 aromatic carbocycles. The third kappa shape index (κ3) is 3.54. The summed E-state index contributed by atoms with van der Waals surface area (Å²) in [6.45, 7) is 2.20. The minimum atomic E-state index is -3.28. The zero-order chi connectivity index (χ0) is 13.9. The van der Waals surface area contributed by atoms with E-state index in [1.54, 1.807) is 31.2 Å². The number of hydrogen-bond acceptors (Lipinski definition) is 4. The van der Waals surface area contributed by atoms with Crippen LogP contribution in [0.25, 0.3) is 0 Å². The fourth-order valence-electron chi connectivity index (χ4n) is 1.92. The number of ether oxygens (including phenoxy) is 1. The van der Waals surface area contributed by atoms with Gasteiger partial charge in [0.05, 0.1) is 5.75 Å². The van der Waals surface area contributed by atoms with E-state index in [1.807, 2.05) is 0 Å². The summed E-state index contributed by atoms with van der Waals surface area (Å²) in [7, 11) is -3.28. The molecule has 6 heteroatoms. The first kappa shape index (κ1) is 14.0. The van der Waals surface area contributed by atoms with Crippen LogP contribution in [0, 0.1) is 0 Å². The molecule has 1 aliphatic heterocycles. The molecule has 0 amide bonds. The molecule has 0 radical (unpaired) electrons. The Morgan fingerprint density at radius 1 is 1.37 bits per heavy atom. The zero-order valence-electron chi connectivity index (χ0n) is 10.8. The number of nitrogens with one attached hydrogen (secondary N) is 1. The van der Waals surface area contributed by atoms with Gasteiger partial charge in [-0.2, -0.15) is 0 Å². The fraction of sp³-hybridized carbons (Fsp3) is 0.462. The largest absolute Gasteiger partial charge is 0.370 e. The van der Waals surface area contributed by atoms with Crippen molar-refractivity contribution >= 4 is 21.5 Å². The highest BCUT2D eigenvalue weighted by molar-refractivity contribution is 7.92. The Bertz CT molecular complexity index is 545. The number of carbonyl (C=O) groups excluding carboxylic acids is 1. The highest BCUT2D eigenvalue weighted by Gasteiger charge is 2.24. The normalized spacial score (nSPS) is 19.3. The average molecular weight is 283 g/mol. The number of Topliss-reactive ketones (excluding diaryl/α,β-unsaturated/α-hetero) is 1. The summed E-state index contributed by atoms with van der Waals surface area (Å²) < 4.78 is 30.6. The van der Waals surface area contributed by atoms with E-state index in [0.717, 1.165) is 12.8 Å². The van der Waals surface area contributed by atoms with Gasteiger partial charge in [0.1, 0.15) is 6.10 Å². The number of carbonyl (C=O) groups is 1. The van der Waals surface area contributed by atoms with Crippen molar-refractivity contribution in [3.63, 3.8) is 0 Å². The van der Waals surface area contributed by atoms with Crippen molar-refractivity contribution in [3.05, 3.63) is 29.8 Å². The number of ketones is 1. The number of sulfonamides is 1. The maximum Gasteiger partial charge on any atom is 0.232 e. The molecule has 1 N–H and O–H groups in total. The minimum Gasteiger partial charge on any atom is -0.370 e. The number of hydrogen-bond donors (Lipinski definition) is 1. The first-order valence-corrected chi connectivity index (χ1v) is 7.93. The summed E-state index contributed by atoms with van der Waals surface area (Å²) in [6.07, 6.45) is 1.31. The van der Waals surface area contributed by atoms with E-state index < -0.39 is 10.0 Å². The molecule has 0 aliphatic carbocycles. The highest BCUT2D eigenvalue weighted by atomic mass is 32.2. The fourth-order valence-corrected chi connectivity index (χ4v) is 2.56. The Morgan fingerprint density at radius 3 is 2.58 bits per heavy atom. The monoisotopic (exact) mass is 283 g/mol. The summed E-state index contributed by atoms with van der Waals surface area (Å²) in [5.41, 5.74) is 1.01. The van der Waals surface area contributed by atoms with E-state index >= 15 is 0 Å². The molecule has 0 aromatic heterocycles. The van der Waals surface area contributed by atoms with Crippen molar-refractivity contribution in [2.24, 2.45) is 0 Å². The van der Waals surface area contributed by atoms with Gasteiger partial charge in [0.2, 0.25) is 10.0 Å². The third-order valence-electron chi connectivity index (χ3n) is 3.04. The molecular weight excluding hydrogens is 266 g/mol. The Labute approximate surface area is 113 Å². The van der Waals surface area contributed by atoms with Crippen molar-refractivity contribution in [2.75, 3.05) is 17.1 Å². The molecule has 104 valence electrons. The van der Waals surface area contributed by atoms with Crippen LogP contribution in [0.1, 0.15) is 30.1 Å². The lowest BCUT2D eigenvalue weighted by molar-refractivity contribution is 0.0643. The van der Waals surface area contributed by atoms with Gasteiger partial charge in [0.25, 0.3) is 0 Å². The smallest absolute Gasteiger partial charge is 0.232 e. The molecule has 0 bridgehead atoms. The molecule has 2 rings (SSSR count). The predicted molar refractivity (Wildman–Crippen MR) is 72.8 cm³/mol. The second kappa shape index (κ2) is 5.71. The SMILES string of the molecule is CCS(=O)(=O)Nc1ccc(C(=O)C2CCCO2)cc1. The standard InChI is InChI=1S/C13H17NO4S/c1-2-19(16,17)14-11-7-5-10(6-8-11)13(15)12-4-3-9-18-12/h5-8,12,14H,2-4,9H2,1H3. The van der Waals surface area contributed by atoms with Crippen molar-refractivity contribution < 1.29 is 17.9 Å². The van der Waals surface area contributed by atoms with Crippen LogP contribution in [0.2, 0.25) is 0 Å². The van der Waals surface area contributed by atoms with E-state index in [2.05, 4.69) is 4.72 Å². The van der Waals surface area contributed by atoms with Crippen LogP contribution in [0.4, 0.5) is 5.69 Å². The van der Waals surface area contributed by atoms with Crippen LogP contribution in [-0.4, -0.2) is 32.7 Å². The predicted octanol–water partition coefficient (Wildman–Crippen LogP) is 1.81. The summed E-state index contributed by atoms with van der Waals surface area (Å²) >= 11 is 0. The van der Waals surface area contributed by atoms with E-state index in [-0.39, 0.29) is 17.6 Å². The van der Waals surface area contributed by atoms with Gasteiger partial charge in [-0.3, -0.25) is 9.52 Å². The Hall–Kier alpha value is -1.40. The van der Waals surface area contributed by atoms with Gasteiger partial charge in [-0.25, -0.2) is 8.42 Å². The van der Waals surface area contributed by atoms with Gasteiger partial charge in [0, 0.05) is 17.9 Å². The molecule has 1 heterocycles. The van der Waals surface area contributed by atoms with E-state index in [0.29, 0.717) is 17.9 Å². The van der Waals surface area contributed by atoms with E-state index in [4.69, 9.17) is 4.74 Å². The summed E-state index contributed by atoms with van der Waals surface area (Å²) in [6, 6.07) is 6.43. The van der Waals surface area contributed by atoms with Crippen molar-refractivity contribution in [3.8, 4) is 0 Å². The molecule has 0 saturated carbocycles. The average Bonchev–Trinajstić information content (AvgIpc) is 2.92. The zero-order valence-corrected chi connectivity index (χ0v) is 11.6. The second-order valence-electron chi connectivity index (χ2n) is 4.45. The van der Waals surface area contributed by atoms with Gasteiger partial charge in [0.15, 0.2) is 5.78 Å². The number of rotatable bonds is 5. The molecule has 1 aliphatic rings. The second-order valence-corrected chi connectivity index (χ2v) is 6.46. The Kier molecular flexibility index (Phi) is 4.21. The first-order chi connectivity index (χ1) is 9.02. The third-order valence-corrected chi connectivity index (χ3v) is 4.35. The summed E-state index contributed by atoms with van der Waals surface area (Å²) in [4.78, 5) is 12.0. The van der Waals surface area contributed by atoms with Gasteiger partial charge in [-0.1, -0.05) is 0 Å². The number of benzene rings is 1.